The van der Waals surface area contributed by atoms with Crippen LogP contribution < -0.4 is 15.8 Å². The Morgan fingerprint density at radius 3 is 2.83 bits per heavy atom. The summed E-state index contributed by atoms with van der Waals surface area (Å²) in [7, 11) is 1.65. The van der Waals surface area contributed by atoms with Crippen molar-refractivity contribution in [3.8, 4) is 5.75 Å². The van der Waals surface area contributed by atoms with Crippen molar-refractivity contribution in [1.29, 1.82) is 0 Å². The summed E-state index contributed by atoms with van der Waals surface area (Å²) < 4.78 is 5.31. The van der Waals surface area contributed by atoms with Crippen molar-refractivity contribution in [3.63, 3.8) is 0 Å². The van der Waals surface area contributed by atoms with Gasteiger partial charge < -0.3 is 15.8 Å². The van der Waals surface area contributed by atoms with E-state index in [2.05, 4.69) is 5.32 Å². The van der Waals surface area contributed by atoms with Gasteiger partial charge in [0.15, 0.2) is 0 Å². The minimum atomic E-state index is 0.0237. The van der Waals surface area contributed by atoms with Gasteiger partial charge in [-0.3, -0.25) is 4.79 Å². The predicted octanol–water partition coefficient (Wildman–Crippen LogP) is 1.40. The van der Waals surface area contributed by atoms with E-state index in [0.29, 0.717) is 19.4 Å². The number of carbonyl (C=O) groups is 1. The number of carbonyl (C=O) groups excluding carboxylic acids is 1. The number of hydrogen-bond acceptors (Lipinski definition) is 3. The molecule has 0 bridgehead atoms. The van der Waals surface area contributed by atoms with Crippen LogP contribution in [0.25, 0.3) is 0 Å². The maximum atomic E-state index is 11.6. The van der Waals surface area contributed by atoms with E-state index in [-0.39, 0.29) is 11.9 Å². The first-order valence-corrected chi connectivity index (χ1v) is 6.19. The van der Waals surface area contributed by atoms with E-state index in [1.807, 2.05) is 32.0 Å². The Labute approximate surface area is 109 Å². The summed E-state index contributed by atoms with van der Waals surface area (Å²) in [5, 5.41) is 2.84. The van der Waals surface area contributed by atoms with Crippen LogP contribution >= 0.6 is 0 Å². The molecular weight excluding hydrogens is 228 g/mol. The van der Waals surface area contributed by atoms with Crippen LogP contribution in [0.1, 0.15) is 24.5 Å². The number of hydrogen-bond donors (Lipinski definition) is 2. The van der Waals surface area contributed by atoms with Crippen LogP contribution in [0.15, 0.2) is 18.2 Å². The highest BCUT2D eigenvalue weighted by molar-refractivity contribution is 5.76. The van der Waals surface area contributed by atoms with Crippen LogP contribution in [0.2, 0.25) is 0 Å². The third-order valence-corrected chi connectivity index (χ3v) is 2.82. The Hall–Kier alpha value is -1.55. The standard InChI is InChI=1S/C14H22N2O2/c1-10-4-5-12(13(8-10)18-3)6-7-14(17)16-11(2)9-15/h4-5,8,11H,6-7,9,15H2,1-3H3,(H,16,17). The van der Waals surface area contributed by atoms with Crippen LogP contribution in [-0.4, -0.2) is 25.6 Å². The molecular formula is C14H22N2O2. The Morgan fingerprint density at radius 1 is 1.50 bits per heavy atom. The lowest BCUT2D eigenvalue weighted by Gasteiger charge is -2.12. The Morgan fingerprint density at radius 2 is 2.22 bits per heavy atom. The third-order valence-electron chi connectivity index (χ3n) is 2.82. The SMILES string of the molecule is COc1cc(C)ccc1CCC(=O)NC(C)CN. The number of nitrogens with one attached hydrogen (secondary N) is 1. The van der Waals surface area contributed by atoms with Crippen molar-refractivity contribution in [3.05, 3.63) is 29.3 Å². The molecule has 1 aromatic carbocycles. The minimum absolute atomic E-state index is 0.0237. The fourth-order valence-electron chi connectivity index (χ4n) is 1.71. The van der Waals surface area contributed by atoms with Crippen LogP contribution in [0, 0.1) is 6.92 Å². The molecule has 18 heavy (non-hydrogen) atoms. The highest BCUT2D eigenvalue weighted by Crippen LogP contribution is 2.21. The average molecular weight is 250 g/mol. The molecule has 4 heteroatoms. The minimum Gasteiger partial charge on any atom is -0.496 e. The van der Waals surface area contributed by atoms with Gasteiger partial charge in [-0.05, 0) is 37.5 Å². The molecule has 4 nitrogen and oxygen atoms in total. The number of rotatable bonds is 6. The Balaban J connectivity index is 2.55. The predicted molar refractivity (Wildman–Crippen MR) is 72.7 cm³/mol. The van der Waals surface area contributed by atoms with Crippen LogP contribution in [0.3, 0.4) is 0 Å². The molecule has 0 aliphatic heterocycles. The molecule has 0 heterocycles. The molecule has 1 aromatic rings. The molecule has 100 valence electrons. The Kier molecular flexibility index (Phi) is 5.65. The van der Waals surface area contributed by atoms with Crippen molar-refractivity contribution >= 4 is 5.91 Å². The topological polar surface area (TPSA) is 64.3 Å². The summed E-state index contributed by atoms with van der Waals surface area (Å²) in [5.74, 6) is 0.866. The van der Waals surface area contributed by atoms with Gasteiger partial charge in [0.1, 0.15) is 5.75 Å². The first-order valence-electron chi connectivity index (χ1n) is 6.19. The highest BCUT2D eigenvalue weighted by atomic mass is 16.5. The van der Waals surface area contributed by atoms with Crippen molar-refractivity contribution < 1.29 is 9.53 Å². The molecule has 0 saturated heterocycles. The number of nitrogens with two attached hydrogens (primary N) is 1. The van der Waals surface area contributed by atoms with Crippen molar-refractivity contribution in [1.82, 2.24) is 5.32 Å². The van der Waals surface area contributed by atoms with Gasteiger partial charge in [-0.2, -0.15) is 0 Å². The summed E-state index contributed by atoms with van der Waals surface area (Å²) in [6.45, 7) is 4.37. The second kappa shape index (κ2) is 7.01. The number of benzene rings is 1. The van der Waals surface area contributed by atoms with E-state index in [0.717, 1.165) is 16.9 Å². The van der Waals surface area contributed by atoms with E-state index >= 15 is 0 Å². The molecule has 1 atom stereocenters. The molecule has 0 aromatic heterocycles. The van der Waals surface area contributed by atoms with E-state index in [1.165, 1.54) is 0 Å². The summed E-state index contributed by atoms with van der Waals surface area (Å²) in [6, 6.07) is 6.04. The van der Waals surface area contributed by atoms with E-state index in [9.17, 15) is 4.79 Å². The zero-order valence-corrected chi connectivity index (χ0v) is 11.3. The molecule has 0 radical (unpaired) electrons. The lowest BCUT2D eigenvalue weighted by atomic mass is 10.1. The van der Waals surface area contributed by atoms with Crippen LogP contribution in [-0.2, 0) is 11.2 Å². The molecule has 0 fully saturated rings. The van der Waals surface area contributed by atoms with Gasteiger partial charge in [0, 0.05) is 19.0 Å². The highest BCUT2D eigenvalue weighted by Gasteiger charge is 2.08. The monoisotopic (exact) mass is 250 g/mol. The van der Waals surface area contributed by atoms with Crippen LogP contribution in [0.5, 0.6) is 5.75 Å². The quantitative estimate of drug-likeness (QED) is 0.802. The van der Waals surface area contributed by atoms with Gasteiger partial charge >= 0.3 is 0 Å². The second-order valence-corrected chi connectivity index (χ2v) is 4.52. The molecule has 0 saturated carbocycles. The zero-order valence-electron chi connectivity index (χ0n) is 11.3. The van der Waals surface area contributed by atoms with Crippen molar-refractivity contribution in [2.24, 2.45) is 5.73 Å². The summed E-state index contributed by atoms with van der Waals surface area (Å²) in [6.07, 6.45) is 1.12. The van der Waals surface area contributed by atoms with Crippen molar-refractivity contribution in [2.45, 2.75) is 32.7 Å². The fourth-order valence-corrected chi connectivity index (χ4v) is 1.71. The molecule has 0 aliphatic rings. The van der Waals surface area contributed by atoms with E-state index in [4.69, 9.17) is 10.5 Å². The molecule has 3 N–H and O–H groups in total. The first-order chi connectivity index (χ1) is 8.56. The van der Waals surface area contributed by atoms with Gasteiger partial charge in [0.05, 0.1) is 7.11 Å². The summed E-state index contributed by atoms with van der Waals surface area (Å²) in [4.78, 5) is 11.6. The largest absolute Gasteiger partial charge is 0.496 e. The van der Waals surface area contributed by atoms with Gasteiger partial charge in [-0.1, -0.05) is 12.1 Å². The zero-order chi connectivity index (χ0) is 13.5. The fraction of sp³-hybridized carbons (Fsp3) is 0.500. The second-order valence-electron chi connectivity index (χ2n) is 4.52. The van der Waals surface area contributed by atoms with Gasteiger partial charge in [0.25, 0.3) is 0 Å². The molecule has 0 aliphatic carbocycles. The van der Waals surface area contributed by atoms with Crippen molar-refractivity contribution in [2.75, 3.05) is 13.7 Å². The normalized spacial score (nSPS) is 12.0. The van der Waals surface area contributed by atoms with Gasteiger partial charge in [-0.25, -0.2) is 0 Å². The first kappa shape index (κ1) is 14.5. The lowest BCUT2D eigenvalue weighted by Crippen LogP contribution is -2.37. The Bertz CT molecular complexity index is 405. The summed E-state index contributed by atoms with van der Waals surface area (Å²) >= 11 is 0. The maximum Gasteiger partial charge on any atom is 0.220 e. The van der Waals surface area contributed by atoms with Crippen LogP contribution in [0.4, 0.5) is 0 Å². The number of ether oxygens (including phenoxy) is 1. The molecule has 1 amide bonds. The summed E-state index contributed by atoms with van der Waals surface area (Å²) in [5.41, 5.74) is 7.66. The molecule has 1 unspecified atom stereocenters. The molecule has 1 rings (SSSR count). The maximum absolute atomic E-state index is 11.6. The lowest BCUT2D eigenvalue weighted by molar-refractivity contribution is -0.121. The smallest absolute Gasteiger partial charge is 0.220 e. The molecule has 0 spiro atoms. The van der Waals surface area contributed by atoms with Gasteiger partial charge in [-0.15, -0.1) is 0 Å². The third kappa shape index (κ3) is 4.37. The van der Waals surface area contributed by atoms with E-state index in [1.54, 1.807) is 7.11 Å². The van der Waals surface area contributed by atoms with E-state index < -0.39 is 0 Å². The average Bonchev–Trinajstić information content (AvgIpc) is 2.36. The number of aryl methyl sites for hydroxylation is 2. The van der Waals surface area contributed by atoms with Gasteiger partial charge in [0.2, 0.25) is 5.91 Å². The number of methoxy groups -OCH3 is 1. The number of amides is 1.